The number of ether oxygens (including phenoxy) is 1. The van der Waals surface area contributed by atoms with Crippen LogP contribution in [0.4, 0.5) is 11.6 Å². The lowest BCUT2D eigenvalue weighted by atomic mass is 10.2. The van der Waals surface area contributed by atoms with Crippen LogP contribution in [0, 0.1) is 0 Å². The zero-order valence-corrected chi connectivity index (χ0v) is 9.81. The van der Waals surface area contributed by atoms with Crippen LogP contribution in [0.25, 0.3) is 0 Å². The first-order valence-corrected chi connectivity index (χ1v) is 5.63. The standard InChI is InChI=1S/C11H18N4O/c1-3-9-10(12)13-7-14-11(9)15-5-4-8(6-15)16-2/h7-8H,3-6H2,1-2H3,(H2,12,13,14). The van der Waals surface area contributed by atoms with Crippen molar-refractivity contribution in [3.05, 3.63) is 11.9 Å². The molecule has 2 rings (SSSR count). The molecule has 5 heteroatoms. The molecule has 0 saturated carbocycles. The smallest absolute Gasteiger partial charge is 0.137 e. The van der Waals surface area contributed by atoms with E-state index >= 15 is 0 Å². The minimum atomic E-state index is 0.306. The lowest BCUT2D eigenvalue weighted by Gasteiger charge is -2.20. The lowest BCUT2D eigenvalue weighted by molar-refractivity contribution is 0.121. The fourth-order valence-corrected chi connectivity index (χ4v) is 2.14. The summed E-state index contributed by atoms with van der Waals surface area (Å²) in [5.74, 6) is 1.56. The van der Waals surface area contributed by atoms with Crippen molar-refractivity contribution in [3.63, 3.8) is 0 Å². The summed E-state index contributed by atoms with van der Waals surface area (Å²) in [6, 6.07) is 0. The molecule has 1 saturated heterocycles. The van der Waals surface area contributed by atoms with Crippen molar-refractivity contribution in [2.75, 3.05) is 30.8 Å². The first-order chi connectivity index (χ1) is 7.76. The fraction of sp³-hybridized carbons (Fsp3) is 0.636. The molecule has 5 nitrogen and oxygen atoms in total. The minimum Gasteiger partial charge on any atom is -0.383 e. The fourth-order valence-electron chi connectivity index (χ4n) is 2.14. The monoisotopic (exact) mass is 222 g/mol. The van der Waals surface area contributed by atoms with Crippen LogP contribution < -0.4 is 10.6 Å². The number of anilines is 2. The highest BCUT2D eigenvalue weighted by molar-refractivity contribution is 5.57. The van der Waals surface area contributed by atoms with Gasteiger partial charge in [0.1, 0.15) is 18.0 Å². The SMILES string of the molecule is CCc1c(N)ncnc1N1CCC(OC)C1. The highest BCUT2D eigenvalue weighted by Gasteiger charge is 2.25. The third-order valence-corrected chi connectivity index (χ3v) is 3.09. The second-order valence-electron chi connectivity index (χ2n) is 4.01. The van der Waals surface area contributed by atoms with E-state index in [9.17, 15) is 0 Å². The van der Waals surface area contributed by atoms with Gasteiger partial charge in [0.05, 0.1) is 6.10 Å². The molecule has 0 spiro atoms. The van der Waals surface area contributed by atoms with E-state index < -0.39 is 0 Å². The highest BCUT2D eigenvalue weighted by atomic mass is 16.5. The Morgan fingerprint density at radius 2 is 2.38 bits per heavy atom. The molecule has 88 valence electrons. The van der Waals surface area contributed by atoms with Crippen molar-refractivity contribution < 1.29 is 4.74 Å². The zero-order chi connectivity index (χ0) is 11.5. The Bertz CT molecular complexity index is 369. The van der Waals surface area contributed by atoms with Gasteiger partial charge in [-0.25, -0.2) is 9.97 Å². The number of nitrogen functional groups attached to an aromatic ring is 1. The molecular formula is C11H18N4O. The number of rotatable bonds is 3. The number of nitrogens with zero attached hydrogens (tertiary/aromatic N) is 3. The molecule has 2 N–H and O–H groups in total. The molecular weight excluding hydrogens is 204 g/mol. The molecule has 0 bridgehead atoms. The van der Waals surface area contributed by atoms with Crippen LogP contribution in [0.1, 0.15) is 18.9 Å². The molecule has 0 amide bonds. The van der Waals surface area contributed by atoms with E-state index in [1.807, 2.05) is 0 Å². The second kappa shape index (κ2) is 4.65. The first kappa shape index (κ1) is 11.1. The summed E-state index contributed by atoms with van der Waals surface area (Å²) in [4.78, 5) is 10.6. The molecule has 0 aliphatic carbocycles. The summed E-state index contributed by atoms with van der Waals surface area (Å²) in [6.45, 7) is 3.93. The van der Waals surface area contributed by atoms with E-state index in [0.29, 0.717) is 11.9 Å². The van der Waals surface area contributed by atoms with E-state index in [1.54, 1.807) is 7.11 Å². The first-order valence-electron chi connectivity index (χ1n) is 5.63. The van der Waals surface area contributed by atoms with Gasteiger partial charge in [0.2, 0.25) is 0 Å². The second-order valence-corrected chi connectivity index (χ2v) is 4.01. The van der Waals surface area contributed by atoms with Crippen LogP contribution >= 0.6 is 0 Å². The molecule has 1 aliphatic heterocycles. The maximum absolute atomic E-state index is 5.86. The van der Waals surface area contributed by atoms with Crippen molar-refractivity contribution in [3.8, 4) is 0 Å². The van der Waals surface area contributed by atoms with Crippen molar-refractivity contribution in [2.45, 2.75) is 25.9 Å². The van der Waals surface area contributed by atoms with E-state index in [4.69, 9.17) is 10.5 Å². The summed E-state index contributed by atoms with van der Waals surface area (Å²) in [5.41, 5.74) is 6.90. The van der Waals surface area contributed by atoms with Crippen molar-refractivity contribution >= 4 is 11.6 Å². The Hall–Kier alpha value is -1.36. The van der Waals surface area contributed by atoms with Crippen LogP contribution in [-0.2, 0) is 11.2 Å². The average molecular weight is 222 g/mol. The molecule has 16 heavy (non-hydrogen) atoms. The van der Waals surface area contributed by atoms with E-state index in [1.165, 1.54) is 6.33 Å². The Kier molecular flexibility index (Phi) is 3.24. The highest BCUT2D eigenvalue weighted by Crippen LogP contribution is 2.25. The van der Waals surface area contributed by atoms with Gasteiger partial charge < -0.3 is 15.4 Å². The van der Waals surface area contributed by atoms with Crippen molar-refractivity contribution in [2.24, 2.45) is 0 Å². The summed E-state index contributed by atoms with van der Waals surface area (Å²) in [6.07, 6.45) is 3.74. The minimum absolute atomic E-state index is 0.306. The maximum Gasteiger partial charge on any atom is 0.137 e. The maximum atomic E-state index is 5.86. The van der Waals surface area contributed by atoms with Gasteiger partial charge in [0.15, 0.2) is 0 Å². The van der Waals surface area contributed by atoms with Crippen LogP contribution in [-0.4, -0.2) is 36.3 Å². The Morgan fingerprint density at radius 3 is 3.00 bits per heavy atom. The average Bonchev–Trinajstić information content (AvgIpc) is 2.77. The van der Waals surface area contributed by atoms with Gasteiger partial charge in [-0.1, -0.05) is 6.92 Å². The Morgan fingerprint density at radius 1 is 1.56 bits per heavy atom. The number of nitrogens with two attached hydrogens (primary N) is 1. The third kappa shape index (κ3) is 1.95. The summed E-state index contributed by atoms with van der Waals surface area (Å²) >= 11 is 0. The molecule has 2 heterocycles. The number of aromatic nitrogens is 2. The quantitative estimate of drug-likeness (QED) is 0.821. The number of hydrogen-bond donors (Lipinski definition) is 1. The summed E-state index contributed by atoms with van der Waals surface area (Å²) in [7, 11) is 1.75. The van der Waals surface area contributed by atoms with Gasteiger partial charge in [-0.3, -0.25) is 0 Å². The normalized spacial score (nSPS) is 20.4. The molecule has 0 aromatic carbocycles. The molecule has 1 aromatic rings. The van der Waals surface area contributed by atoms with Crippen molar-refractivity contribution in [1.29, 1.82) is 0 Å². The third-order valence-electron chi connectivity index (χ3n) is 3.09. The number of methoxy groups -OCH3 is 1. The van der Waals surface area contributed by atoms with Gasteiger partial charge in [-0.15, -0.1) is 0 Å². The van der Waals surface area contributed by atoms with Crippen molar-refractivity contribution in [1.82, 2.24) is 9.97 Å². The molecule has 1 atom stereocenters. The largest absolute Gasteiger partial charge is 0.383 e. The zero-order valence-electron chi connectivity index (χ0n) is 9.81. The van der Waals surface area contributed by atoms with Crippen LogP contribution in [0.2, 0.25) is 0 Å². The van der Waals surface area contributed by atoms with Crippen LogP contribution in [0.3, 0.4) is 0 Å². The Labute approximate surface area is 95.6 Å². The summed E-state index contributed by atoms with van der Waals surface area (Å²) in [5, 5.41) is 0. The van der Waals surface area contributed by atoms with Gasteiger partial charge in [0, 0.05) is 25.8 Å². The molecule has 1 unspecified atom stereocenters. The molecule has 1 fully saturated rings. The van der Waals surface area contributed by atoms with Gasteiger partial charge in [-0.2, -0.15) is 0 Å². The lowest BCUT2D eigenvalue weighted by Crippen LogP contribution is -2.25. The number of hydrogen-bond acceptors (Lipinski definition) is 5. The Balaban J connectivity index is 2.24. The summed E-state index contributed by atoms with van der Waals surface area (Å²) < 4.78 is 5.35. The van der Waals surface area contributed by atoms with E-state index in [-0.39, 0.29) is 0 Å². The topological polar surface area (TPSA) is 64.3 Å². The predicted octanol–water partition coefficient (Wildman–Crippen LogP) is 0.846. The molecule has 0 radical (unpaired) electrons. The van der Waals surface area contributed by atoms with E-state index in [0.717, 1.165) is 37.3 Å². The van der Waals surface area contributed by atoms with Gasteiger partial charge in [0.25, 0.3) is 0 Å². The molecule has 1 aromatic heterocycles. The van der Waals surface area contributed by atoms with Crippen LogP contribution in [0.15, 0.2) is 6.33 Å². The van der Waals surface area contributed by atoms with Crippen LogP contribution in [0.5, 0.6) is 0 Å². The predicted molar refractivity (Wildman–Crippen MR) is 63.4 cm³/mol. The van der Waals surface area contributed by atoms with Gasteiger partial charge >= 0.3 is 0 Å². The van der Waals surface area contributed by atoms with Gasteiger partial charge in [-0.05, 0) is 12.8 Å². The molecule has 1 aliphatic rings. The van der Waals surface area contributed by atoms with E-state index in [2.05, 4.69) is 21.8 Å².